The van der Waals surface area contributed by atoms with Gasteiger partial charge in [-0.15, -0.1) is 0 Å². The van der Waals surface area contributed by atoms with Crippen LogP contribution in [0, 0.1) is 11.8 Å². The minimum atomic E-state index is -2.28. The Kier molecular flexibility index (Phi) is 13.4. The van der Waals surface area contributed by atoms with Gasteiger partial charge in [-0.1, -0.05) is 39.9 Å². The van der Waals surface area contributed by atoms with Crippen LogP contribution in [-0.4, -0.2) is 39.1 Å². The maximum atomic E-state index is 5.49. The first-order valence-corrected chi connectivity index (χ1v) is 9.24. The predicted octanol–water partition coefficient (Wildman–Crippen LogP) is 3.08. The Hall–Kier alpha value is 1.79. The standard InChI is InChI=1S/C10H23O2PS2.In.3H/c1-9(2)5-7-11-13(14,15)12-8-6-10(3)4;;;;/h9-10H,5-8H2,1-4H3,(H,14,15);;;;. The zero-order valence-electron chi connectivity index (χ0n) is 10.1. The Morgan fingerprint density at radius 3 is 1.56 bits per heavy atom. The molecule has 0 aliphatic carbocycles. The third-order valence-corrected chi connectivity index (χ3v) is 4.24. The van der Waals surface area contributed by atoms with Crippen molar-refractivity contribution < 1.29 is 9.05 Å². The summed E-state index contributed by atoms with van der Waals surface area (Å²) < 4.78 is 11.0. The summed E-state index contributed by atoms with van der Waals surface area (Å²) in [6.45, 7) is 9.94. The number of hydrogen-bond acceptors (Lipinski definition) is 3. The van der Waals surface area contributed by atoms with E-state index in [1.54, 1.807) is 0 Å². The molecule has 0 saturated carbocycles. The second-order valence-corrected chi connectivity index (χ2v) is 9.79. The molecule has 0 aromatic rings. The van der Waals surface area contributed by atoms with Crippen molar-refractivity contribution in [3.8, 4) is 0 Å². The molecular weight excluding hydrogens is 362 g/mol. The van der Waals surface area contributed by atoms with Gasteiger partial charge in [-0.2, -0.15) is 0 Å². The summed E-state index contributed by atoms with van der Waals surface area (Å²) in [5, 5.41) is 0. The SMILES string of the molecule is CC(C)CCOP(=S)(S)OCCC(C)C.[InH3]. The Morgan fingerprint density at radius 1 is 1.00 bits per heavy atom. The topological polar surface area (TPSA) is 18.5 Å². The molecule has 0 unspecified atom stereocenters. The minimum absolute atomic E-state index is 0. The summed E-state index contributed by atoms with van der Waals surface area (Å²) in [5.74, 6) is 1.26. The van der Waals surface area contributed by atoms with Gasteiger partial charge in [0.05, 0.1) is 13.2 Å². The van der Waals surface area contributed by atoms with Crippen LogP contribution < -0.4 is 0 Å². The van der Waals surface area contributed by atoms with Gasteiger partial charge in [0.25, 0.3) is 0 Å². The van der Waals surface area contributed by atoms with Crippen LogP contribution in [0.15, 0.2) is 0 Å². The molecule has 0 bridgehead atoms. The zero-order chi connectivity index (χ0) is 11.9. The molecule has 0 rings (SSSR count). The van der Waals surface area contributed by atoms with Gasteiger partial charge in [0, 0.05) is 0 Å². The first kappa shape index (κ1) is 20.1. The molecule has 0 atom stereocenters. The third-order valence-electron chi connectivity index (χ3n) is 1.90. The summed E-state index contributed by atoms with van der Waals surface area (Å²) in [6, 6.07) is 0. The van der Waals surface area contributed by atoms with Crippen LogP contribution in [0.3, 0.4) is 0 Å². The van der Waals surface area contributed by atoms with E-state index >= 15 is 0 Å². The quantitative estimate of drug-likeness (QED) is 0.509. The molecule has 0 aliphatic rings. The van der Waals surface area contributed by atoms with E-state index in [-0.39, 0.29) is 25.8 Å². The Labute approximate surface area is 129 Å². The fourth-order valence-electron chi connectivity index (χ4n) is 0.845. The van der Waals surface area contributed by atoms with E-state index in [9.17, 15) is 0 Å². The van der Waals surface area contributed by atoms with Gasteiger partial charge in [0.1, 0.15) is 0 Å². The molecular formula is C10H26InO2PS2. The van der Waals surface area contributed by atoms with E-state index in [0.29, 0.717) is 25.0 Å². The van der Waals surface area contributed by atoms with Crippen LogP contribution in [-0.2, 0) is 20.9 Å². The van der Waals surface area contributed by atoms with E-state index in [1.807, 2.05) is 0 Å². The number of rotatable bonds is 8. The van der Waals surface area contributed by atoms with Gasteiger partial charge in [-0.05, 0) is 36.5 Å². The first-order valence-electron chi connectivity index (χ1n) is 5.45. The van der Waals surface area contributed by atoms with E-state index in [2.05, 4.69) is 39.9 Å². The van der Waals surface area contributed by atoms with Crippen molar-refractivity contribution in [2.75, 3.05) is 13.2 Å². The Bertz CT molecular complexity index is 195. The van der Waals surface area contributed by atoms with Gasteiger partial charge >= 0.3 is 25.8 Å². The van der Waals surface area contributed by atoms with Crippen LogP contribution in [0.4, 0.5) is 0 Å². The third kappa shape index (κ3) is 13.9. The van der Waals surface area contributed by atoms with Crippen molar-refractivity contribution in [1.82, 2.24) is 0 Å². The summed E-state index contributed by atoms with van der Waals surface area (Å²) in [7, 11) is 0. The molecule has 0 aliphatic heterocycles. The van der Waals surface area contributed by atoms with Crippen LogP contribution in [0.2, 0.25) is 0 Å². The van der Waals surface area contributed by atoms with Crippen molar-refractivity contribution in [2.45, 2.75) is 40.5 Å². The van der Waals surface area contributed by atoms with E-state index < -0.39 is 5.69 Å². The summed E-state index contributed by atoms with van der Waals surface area (Å²) >= 11 is 9.45. The predicted molar refractivity (Wildman–Crippen MR) is 84.0 cm³/mol. The second kappa shape index (κ2) is 10.7. The normalized spacial score (nSPS) is 11.9. The van der Waals surface area contributed by atoms with Gasteiger partial charge in [-0.25, -0.2) is 0 Å². The van der Waals surface area contributed by atoms with Crippen LogP contribution in [0.25, 0.3) is 0 Å². The average molecular weight is 388 g/mol. The summed E-state index contributed by atoms with van der Waals surface area (Å²) in [6.07, 6.45) is 2.01. The van der Waals surface area contributed by atoms with Crippen molar-refractivity contribution in [1.29, 1.82) is 0 Å². The molecule has 0 heterocycles. The number of hydrogen-bond donors (Lipinski definition) is 1. The fourth-order valence-corrected chi connectivity index (χ4v) is 2.53. The average Bonchev–Trinajstić information content (AvgIpc) is 2.01. The maximum absolute atomic E-state index is 5.49. The molecule has 0 aromatic carbocycles. The molecule has 16 heavy (non-hydrogen) atoms. The number of thiol groups is 1. The summed E-state index contributed by atoms with van der Waals surface area (Å²) in [4.78, 5) is 0. The molecule has 0 aromatic heterocycles. The van der Waals surface area contributed by atoms with E-state index in [4.69, 9.17) is 20.9 Å². The molecule has 6 heteroatoms. The fraction of sp³-hybridized carbons (Fsp3) is 1.00. The monoisotopic (exact) mass is 388 g/mol. The van der Waals surface area contributed by atoms with Crippen molar-refractivity contribution >= 4 is 55.6 Å². The second-order valence-electron chi connectivity index (χ2n) is 4.50. The zero-order valence-corrected chi connectivity index (χ0v) is 12.7. The molecule has 0 spiro atoms. The van der Waals surface area contributed by atoms with Crippen LogP contribution in [0.1, 0.15) is 40.5 Å². The van der Waals surface area contributed by atoms with E-state index in [1.165, 1.54) is 0 Å². The Balaban J connectivity index is 0. The van der Waals surface area contributed by atoms with Gasteiger partial charge in [0.15, 0.2) is 0 Å². The molecule has 0 amide bonds. The van der Waals surface area contributed by atoms with E-state index in [0.717, 1.165) is 12.8 Å². The molecule has 0 radical (unpaired) electrons. The van der Waals surface area contributed by atoms with Crippen molar-refractivity contribution in [3.63, 3.8) is 0 Å². The molecule has 0 saturated heterocycles. The van der Waals surface area contributed by atoms with Crippen LogP contribution in [0.5, 0.6) is 0 Å². The summed E-state index contributed by atoms with van der Waals surface area (Å²) in [5.41, 5.74) is -2.28. The molecule has 0 fully saturated rings. The van der Waals surface area contributed by atoms with Crippen molar-refractivity contribution in [2.24, 2.45) is 11.8 Å². The molecule has 98 valence electrons. The Morgan fingerprint density at radius 2 is 1.31 bits per heavy atom. The van der Waals surface area contributed by atoms with Gasteiger partial charge in [0.2, 0.25) is 5.69 Å². The molecule has 2 nitrogen and oxygen atoms in total. The van der Waals surface area contributed by atoms with Crippen LogP contribution >= 0.6 is 17.9 Å². The first-order chi connectivity index (χ1) is 6.83. The van der Waals surface area contributed by atoms with Gasteiger partial charge in [-0.3, -0.25) is 0 Å². The van der Waals surface area contributed by atoms with Crippen molar-refractivity contribution in [3.05, 3.63) is 0 Å². The molecule has 0 N–H and O–H groups in total. The van der Waals surface area contributed by atoms with Gasteiger partial charge < -0.3 is 9.05 Å².